The Bertz CT molecular complexity index is 1470. The summed E-state index contributed by atoms with van der Waals surface area (Å²) in [6.07, 6.45) is 0. The number of carbonyl (C=O) groups is 1. The maximum Gasteiger partial charge on any atom is 0.439 e. The van der Waals surface area contributed by atoms with E-state index in [0.717, 1.165) is 23.5 Å². The molecule has 0 radical (unpaired) electrons. The van der Waals surface area contributed by atoms with E-state index >= 15 is 0 Å². The Labute approximate surface area is 184 Å². The molecule has 0 aliphatic rings. The second-order valence-electron chi connectivity index (χ2n) is 6.20. The summed E-state index contributed by atoms with van der Waals surface area (Å²) in [6, 6.07) is 5.55. The highest BCUT2D eigenvalue weighted by atomic mass is 32.1. The lowest BCUT2D eigenvalue weighted by atomic mass is 10.0. The molecule has 0 atom stereocenters. The summed E-state index contributed by atoms with van der Waals surface area (Å²) in [5.74, 6) is -10.00. The minimum Gasteiger partial charge on any atom is -0.497 e. The zero-order valence-electron chi connectivity index (χ0n) is 18.5. The van der Waals surface area contributed by atoms with E-state index in [-0.39, 0.29) is 22.0 Å². The maximum atomic E-state index is 14.9. The molecule has 12 heteroatoms. The van der Waals surface area contributed by atoms with Gasteiger partial charge in [0.2, 0.25) is 0 Å². The summed E-state index contributed by atoms with van der Waals surface area (Å²) in [4.78, 5) is 26.1. The molecule has 7 nitrogen and oxygen atoms in total. The summed E-state index contributed by atoms with van der Waals surface area (Å²) in [6.45, 7) is 0. The van der Waals surface area contributed by atoms with Gasteiger partial charge < -0.3 is 10.1 Å². The van der Waals surface area contributed by atoms with Gasteiger partial charge in [0.25, 0.3) is 5.91 Å². The van der Waals surface area contributed by atoms with E-state index in [1.165, 1.54) is 23.6 Å². The molecular weight excluding hydrogens is 454 g/mol. The molecule has 4 aromatic rings. The molecule has 0 spiro atoms. The lowest BCUT2D eigenvalue weighted by Crippen LogP contribution is -2.17. The van der Waals surface area contributed by atoms with Gasteiger partial charge >= 0.3 is 5.76 Å². The first-order valence-electron chi connectivity index (χ1n) is 10.1. The van der Waals surface area contributed by atoms with Crippen LogP contribution in [0.5, 0.6) is 5.75 Å². The van der Waals surface area contributed by atoms with E-state index in [1.807, 2.05) is 0 Å². The molecule has 0 unspecified atom stereocenters. The molecule has 2 heterocycles. The number of halogens is 4. The highest BCUT2D eigenvalue weighted by Crippen LogP contribution is 2.36. The average molecular weight is 468 g/mol. The van der Waals surface area contributed by atoms with Crippen molar-refractivity contribution in [3.05, 3.63) is 75.1 Å². The van der Waals surface area contributed by atoms with Gasteiger partial charge in [-0.2, -0.15) is 0 Å². The van der Waals surface area contributed by atoms with Crippen molar-refractivity contribution < 1.29 is 35.7 Å². The number of aromatic nitrogens is 2. The summed E-state index contributed by atoms with van der Waals surface area (Å²) in [7, 11) is -2.88. The number of aromatic amines is 1. The number of H-pyrrole nitrogens is 1. The number of ether oxygens (including phenoxy) is 1. The number of carbonyl (C=O) groups excluding carboxylic acids is 1. The number of rotatable bonds is 5. The third kappa shape index (κ3) is 3.64. The number of benzene rings is 2. The van der Waals surface area contributed by atoms with Crippen molar-refractivity contribution in [1.82, 2.24) is 10.1 Å². The van der Waals surface area contributed by atoms with Crippen LogP contribution in [0.2, 0.25) is 0 Å². The highest BCUT2D eigenvalue weighted by molar-refractivity contribution is 7.14. The average Bonchev–Trinajstić information content (AvgIpc) is 3.43. The van der Waals surface area contributed by atoms with E-state index < -0.39 is 58.8 Å². The molecule has 2 aromatic heterocycles. The fraction of sp³-hybridized carbons (Fsp3) is 0.0500. The third-order valence-corrected chi connectivity index (χ3v) is 5.23. The van der Waals surface area contributed by atoms with Crippen LogP contribution in [0.15, 0.2) is 45.0 Å². The second kappa shape index (κ2) is 8.30. The van der Waals surface area contributed by atoms with Crippen molar-refractivity contribution in [2.45, 2.75) is 0 Å². The number of nitrogens with zero attached hydrogens (tertiary/aromatic N) is 1. The van der Waals surface area contributed by atoms with Gasteiger partial charge in [-0.3, -0.25) is 14.3 Å². The molecule has 0 aliphatic heterocycles. The van der Waals surface area contributed by atoms with Crippen LogP contribution < -0.4 is 15.8 Å². The number of methoxy groups -OCH3 is 1. The summed E-state index contributed by atoms with van der Waals surface area (Å²) < 4.78 is 89.6. The van der Waals surface area contributed by atoms with Gasteiger partial charge in [-0.05, 0) is 29.1 Å². The second-order valence-corrected chi connectivity index (χ2v) is 7.11. The van der Waals surface area contributed by atoms with Crippen molar-refractivity contribution in [2.75, 3.05) is 12.4 Å². The first-order chi connectivity index (χ1) is 16.5. The minimum absolute atomic E-state index is 0.0674. The highest BCUT2D eigenvalue weighted by Gasteiger charge is 2.29. The first kappa shape index (κ1) is 17.7. The van der Waals surface area contributed by atoms with Crippen molar-refractivity contribution in [3.63, 3.8) is 0 Å². The van der Waals surface area contributed by atoms with Crippen LogP contribution in [-0.4, -0.2) is 23.1 Å². The predicted molar refractivity (Wildman–Crippen MR) is 107 cm³/mol. The number of thiophene rings is 1. The quantitative estimate of drug-likeness (QED) is 0.330. The largest absolute Gasteiger partial charge is 0.497 e. The van der Waals surface area contributed by atoms with Crippen molar-refractivity contribution in [1.29, 1.82) is 0 Å². The molecule has 0 fully saturated rings. The first-order valence-corrected chi connectivity index (χ1v) is 9.45. The molecule has 0 aliphatic carbocycles. The Morgan fingerprint density at radius 1 is 1.19 bits per heavy atom. The molecule has 0 bridgehead atoms. The van der Waals surface area contributed by atoms with Crippen LogP contribution >= 0.6 is 11.3 Å². The number of anilines is 1. The maximum absolute atomic E-state index is 14.9. The zero-order chi connectivity index (χ0) is 25.5. The number of nitrogens with one attached hydrogen (secondary N) is 2. The Morgan fingerprint density at radius 3 is 2.59 bits per heavy atom. The van der Waals surface area contributed by atoms with Crippen LogP contribution in [0, 0.1) is 23.3 Å². The van der Waals surface area contributed by atoms with E-state index in [4.69, 9.17) is 4.11 Å². The van der Waals surface area contributed by atoms with Crippen LogP contribution in [0.3, 0.4) is 0 Å². The summed E-state index contributed by atoms with van der Waals surface area (Å²) >= 11 is 0.933. The standard InChI is InChI=1S/C20H11F4N3O4S/c1-30-9-4-2-3-8(7-9)11-12(21)14(23)16(15(24)13(11)22)25-19(28)10-5-6-32-17(10)18-26-20(29)31-27-18/h2-7H,1H3,(H,25,28)(H,26,27,29)/i1D3. The van der Waals surface area contributed by atoms with E-state index in [2.05, 4.69) is 19.4 Å². The normalized spacial score (nSPS) is 12.7. The van der Waals surface area contributed by atoms with Crippen molar-refractivity contribution >= 4 is 22.9 Å². The van der Waals surface area contributed by atoms with Crippen LogP contribution in [-0.2, 0) is 0 Å². The lowest BCUT2D eigenvalue weighted by molar-refractivity contribution is 0.102. The van der Waals surface area contributed by atoms with Crippen LogP contribution in [0.4, 0.5) is 23.2 Å². The fourth-order valence-electron chi connectivity index (χ4n) is 2.89. The van der Waals surface area contributed by atoms with Gasteiger partial charge in [-0.15, -0.1) is 11.3 Å². The number of hydrogen-bond donors (Lipinski definition) is 2. The molecule has 2 aromatic carbocycles. The van der Waals surface area contributed by atoms with Crippen LogP contribution in [0.25, 0.3) is 21.8 Å². The van der Waals surface area contributed by atoms with Gasteiger partial charge in [-0.25, -0.2) is 22.4 Å². The SMILES string of the molecule is [2H]C([2H])([2H])Oc1cccc(-c2c(F)c(F)c(NC(=O)c3ccsc3-c3noc(=O)[nH]3)c(F)c2F)c1. The molecule has 164 valence electrons. The third-order valence-electron chi connectivity index (χ3n) is 4.31. The smallest absolute Gasteiger partial charge is 0.439 e. The van der Waals surface area contributed by atoms with E-state index in [1.54, 1.807) is 5.32 Å². The van der Waals surface area contributed by atoms with Crippen LogP contribution in [0.1, 0.15) is 14.5 Å². The number of amides is 1. The molecule has 0 saturated heterocycles. The molecule has 1 amide bonds. The molecular formula is C20H11F4N3O4S. The zero-order valence-corrected chi connectivity index (χ0v) is 16.3. The summed E-state index contributed by atoms with van der Waals surface area (Å²) in [5.41, 5.74) is -3.15. The molecule has 32 heavy (non-hydrogen) atoms. The van der Waals surface area contributed by atoms with Gasteiger partial charge in [-0.1, -0.05) is 17.3 Å². The van der Waals surface area contributed by atoms with Gasteiger partial charge in [0, 0.05) is 0 Å². The topological polar surface area (TPSA) is 97.2 Å². The van der Waals surface area contributed by atoms with Crippen molar-refractivity contribution in [2.24, 2.45) is 0 Å². The molecule has 2 N–H and O–H groups in total. The van der Waals surface area contributed by atoms with Gasteiger partial charge in [0.05, 0.1) is 27.2 Å². The Morgan fingerprint density at radius 2 is 1.94 bits per heavy atom. The Balaban J connectivity index is 1.71. The summed E-state index contributed by atoms with van der Waals surface area (Å²) in [5, 5.41) is 6.61. The van der Waals surface area contributed by atoms with E-state index in [0.29, 0.717) is 0 Å². The van der Waals surface area contributed by atoms with E-state index in [9.17, 15) is 27.2 Å². The lowest BCUT2D eigenvalue weighted by Gasteiger charge is -2.13. The Hall–Kier alpha value is -3.93. The van der Waals surface area contributed by atoms with Crippen molar-refractivity contribution in [3.8, 4) is 27.6 Å². The molecule has 4 rings (SSSR count). The van der Waals surface area contributed by atoms with Gasteiger partial charge in [0.1, 0.15) is 11.4 Å². The fourth-order valence-corrected chi connectivity index (χ4v) is 3.72. The molecule has 0 saturated carbocycles. The predicted octanol–water partition coefficient (Wildman–Crippen LogP) is 4.58. The Kier molecular flexibility index (Phi) is 4.60. The monoisotopic (exact) mass is 468 g/mol. The number of hydrogen-bond acceptors (Lipinski definition) is 6. The van der Waals surface area contributed by atoms with Gasteiger partial charge in [0.15, 0.2) is 29.1 Å². The minimum atomic E-state index is -2.88.